The average molecular weight is 344 g/mol. The molecule has 0 amide bonds. The fraction of sp³-hybridized carbons (Fsp3) is 0.524. The van der Waals surface area contributed by atoms with Crippen molar-refractivity contribution in [3.8, 4) is 5.75 Å². The lowest BCUT2D eigenvalue weighted by Gasteiger charge is -2.21. The number of benzene rings is 1. The molecular weight excluding hydrogens is 316 g/mol. The van der Waals surface area contributed by atoms with Crippen molar-refractivity contribution in [1.82, 2.24) is 0 Å². The van der Waals surface area contributed by atoms with E-state index >= 15 is 0 Å². The Morgan fingerprint density at radius 1 is 1.16 bits per heavy atom. The number of carbonyl (C=O) groups excluding carboxylic acids is 2. The molecule has 25 heavy (non-hydrogen) atoms. The van der Waals surface area contributed by atoms with Gasteiger partial charge < -0.3 is 9.47 Å². The first kappa shape index (κ1) is 19.2. The predicted molar refractivity (Wildman–Crippen MR) is 97.8 cm³/mol. The van der Waals surface area contributed by atoms with Crippen molar-refractivity contribution in [3.63, 3.8) is 0 Å². The van der Waals surface area contributed by atoms with E-state index in [2.05, 4.69) is 6.08 Å². The van der Waals surface area contributed by atoms with E-state index < -0.39 is 0 Å². The molecule has 1 aliphatic rings. The Bertz CT molecular complexity index is 609. The van der Waals surface area contributed by atoms with Crippen LogP contribution in [0.4, 0.5) is 0 Å². The summed E-state index contributed by atoms with van der Waals surface area (Å²) in [5.41, 5.74) is 1.38. The minimum atomic E-state index is -0.318. The summed E-state index contributed by atoms with van der Waals surface area (Å²) in [6, 6.07) is 7.15. The largest absolute Gasteiger partial charge is 0.497 e. The molecule has 0 aliphatic heterocycles. The van der Waals surface area contributed by atoms with Crippen LogP contribution >= 0.6 is 0 Å². The fourth-order valence-corrected chi connectivity index (χ4v) is 3.38. The minimum absolute atomic E-state index is 0.00669. The van der Waals surface area contributed by atoms with Crippen LogP contribution in [0.25, 0.3) is 0 Å². The van der Waals surface area contributed by atoms with Gasteiger partial charge in [-0.25, -0.2) is 0 Å². The van der Waals surface area contributed by atoms with Gasteiger partial charge in [0.05, 0.1) is 7.11 Å². The molecule has 0 spiro atoms. The van der Waals surface area contributed by atoms with Crippen LogP contribution in [0.1, 0.15) is 62.7 Å². The third kappa shape index (κ3) is 6.04. The summed E-state index contributed by atoms with van der Waals surface area (Å²) < 4.78 is 10.4. The zero-order chi connectivity index (χ0) is 18.2. The number of hydrogen-bond donors (Lipinski definition) is 0. The van der Waals surface area contributed by atoms with Gasteiger partial charge in [-0.05, 0) is 49.9 Å². The van der Waals surface area contributed by atoms with Crippen LogP contribution in [0, 0.1) is 5.92 Å². The molecular formula is C21H28O4. The van der Waals surface area contributed by atoms with E-state index in [0.29, 0.717) is 17.9 Å². The lowest BCUT2D eigenvalue weighted by Crippen LogP contribution is -2.17. The number of carbonyl (C=O) groups is 2. The molecule has 1 unspecified atom stereocenters. The molecule has 1 saturated carbocycles. The van der Waals surface area contributed by atoms with Crippen LogP contribution in [-0.4, -0.2) is 25.0 Å². The molecule has 4 heteroatoms. The van der Waals surface area contributed by atoms with Crippen LogP contribution in [-0.2, 0) is 9.53 Å². The van der Waals surface area contributed by atoms with Crippen molar-refractivity contribution in [3.05, 3.63) is 41.5 Å². The number of Topliss-reactive ketones (excluding diaryl/α,β-unsaturated/α-hetero) is 1. The van der Waals surface area contributed by atoms with Crippen molar-refractivity contribution in [2.24, 2.45) is 5.92 Å². The zero-order valence-corrected chi connectivity index (χ0v) is 15.4. The Hall–Kier alpha value is -2.10. The van der Waals surface area contributed by atoms with Gasteiger partial charge in [0.25, 0.3) is 0 Å². The van der Waals surface area contributed by atoms with Crippen LogP contribution in [0.15, 0.2) is 35.9 Å². The molecule has 0 N–H and O–H groups in total. The number of methoxy groups -OCH3 is 1. The normalized spacial score (nSPS) is 17.0. The van der Waals surface area contributed by atoms with E-state index in [1.54, 1.807) is 31.4 Å². The van der Waals surface area contributed by atoms with Gasteiger partial charge in [-0.15, -0.1) is 0 Å². The molecule has 0 bridgehead atoms. The highest BCUT2D eigenvalue weighted by Gasteiger charge is 2.20. The van der Waals surface area contributed by atoms with Crippen LogP contribution in [0.2, 0.25) is 0 Å². The Balaban J connectivity index is 2.20. The molecule has 2 rings (SSSR count). The molecule has 1 aliphatic carbocycles. The Kier molecular flexibility index (Phi) is 7.23. The highest BCUT2D eigenvalue weighted by Crippen LogP contribution is 2.28. The third-order valence-electron chi connectivity index (χ3n) is 4.61. The van der Waals surface area contributed by atoms with Crippen LogP contribution in [0.5, 0.6) is 5.75 Å². The second-order valence-electron chi connectivity index (χ2n) is 6.77. The third-order valence-corrected chi connectivity index (χ3v) is 4.61. The average Bonchev–Trinajstić information content (AvgIpc) is 2.61. The van der Waals surface area contributed by atoms with Gasteiger partial charge in [0, 0.05) is 24.5 Å². The van der Waals surface area contributed by atoms with Gasteiger partial charge in [-0.1, -0.05) is 25.3 Å². The molecule has 1 aromatic rings. The van der Waals surface area contributed by atoms with E-state index in [0.717, 1.165) is 24.2 Å². The molecule has 136 valence electrons. The molecule has 1 atom stereocenters. The van der Waals surface area contributed by atoms with Gasteiger partial charge in [0.1, 0.15) is 11.9 Å². The summed E-state index contributed by atoms with van der Waals surface area (Å²) in [6.45, 7) is 3.23. The quantitative estimate of drug-likeness (QED) is 0.408. The van der Waals surface area contributed by atoms with E-state index in [1.807, 2.05) is 6.92 Å². The number of rotatable bonds is 7. The Morgan fingerprint density at radius 2 is 1.80 bits per heavy atom. The lowest BCUT2D eigenvalue weighted by atomic mass is 9.85. The van der Waals surface area contributed by atoms with Crippen molar-refractivity contribution in [1.29, 1.82) is 0 Å². The van der Waals surface area contributed by atoms with Gasteiger partial charge in [-0.3, -0.25) is 9.59 Å². The maximum atomic E-state index is 13.0. The Morgan fingerprint density at radius 3 is 2.36 bits per heavy atom. The van der Waals surface area contributed by atoms with E-state index in [-0.39, 0.29) is 17.9 Å². The summed E-state index contributed by atoms with van der Waals surface area (Å²) in [5.74, 6) is 0.853. The second-order valence-corrected chi connectivity index (χ2v) is 6.77. The standard InChI is InChI=1S/C21H28O4/c1-15(25-16(2)22)13-19(14-17-7-5-4-6-8-17)21(23)18-9-11-20(24-3)12-10-18/h9-12,14-15,17H,4-8,13H2,1-3H3/b19-14+. The van der Waals surface area contributed by atoms with Gasteiger partial charge >= 0.3 is 5.97 Å². The molecule has 1 fully saturated rings. The molecule has 1 aromatic carbocycles. The van der Waals surface area contributed by atoms with Crippen LogP contribution in [0.3, 0.4) is 0 Å². The predicted octanol–water partition coefficient (Wildman–Crippen LogP) is 4.73. The molecule has 0 radical (unpaired) electrons. The maximum Gasteiger partial charge on any atom is 0.302 e. The van der Waals surface area contributed by atoms with E-state index in [4.69, 9.17) is 9.47 Å². The SMILES string of the molecule is COc1ccc(C(=O)/C(=C/C2CCCCC2)CC(C)OC(C)=O)cc1. The van der Waals surface area contributed by atoms with Crippen molar-refractivity contribution >= 4 is 11.8 Å². The first-order valence-electron chi connectivity index (χ1n) is 9.06. The van der Waals surface area contributed by atoms with Gasteiger partial charge in [0.2, 0.25) is 0 Å². The number of ketones is 1. The van der Waals surface area contributed by atoms with Crippen molar-refractivity contribution in [2.75, 3.05) is 7.11 Å². The van der Waals surface area contributed by atoms with E-state index in [9.17, 15) is 9.59 Å². The summed E-state index contributed by atoms with van der Waals surface area (Å²) >= 11 is 0. The maximum absolute atomic E-state index is 13.0. The lowest BCUT2D eigenvalue weighted by molar-refractivity contribution is -0.145. The molecule has 4 nitrogen and oxygen atoms in total. The number of esters is 1. The number of hydrogen-bond acceptors (Lipinski definition) is 4. The highest BCUT2D eigenvalue weighted by atomic mass is 16.5. The summed E-state index contributed by atoms with van der Waals surface area (Å²) in [7, 11) is 1.60. The Labute approximate surface area is 150 Å². The molecule has 0 heterocycles. The number of ether oxygens (including phenoxy) is 2. The van der Waals surface area contributed by atoms with E-state index in [1.165, 1.54) is 26.2 Å². The van der Waals surface area contributed by atoms with Gasteiger partial charge in [0.15, 0.2) is 5.78 Å². The van der Waals surface area contributed by atoms with Crippen molar-refractivity contribution in [2.45, 2.75) is 58.5 Å². The molecule has 0 aromatic heterocycles. The summed E-state index contributed by atoms with van der Waals surface area (Å²) in [6.07, 6.45) is 8.20. The van der Waals surface area contributed by atoms with Crippen molar-refractivity contribution < 1.29 is 19.1 Å². The summed E-state index contributed by atoms with van der Waals surface area (Å²) in [5, 5.41) is 0. The fourth-order valence-electron chi connectivity index (χ4n) is 3.38. The first-order chi connectivity index (χ1) is 12.0. The highest BCUT2D eigenvalue weighted by molar-refractivity contribution is 6.08. The first-order valence-corrected chi connectivity index (χ1v) is 9.06. The number of allylic oxidation sites excluding steroid dienone is 1. The topological polar surface area (TPSA) is 52.6 Å². The second kappa shape index (κ2) is 9.40. The monoisotopic (exact) mass is 344 g/mol. The molecule has 0 saturated heterocycles. The minimum Gasteiger partial charge on any atom is -0.497 e. The van der Waals surface area contributed by atoms with Crippen LogP contribution < -0.4 is 4.74 Å². The zero-order valence-electron chi connectivity index (χ0n) is 15.4. The summed E-state index contributed by atoms with van der Waals surface area (Å²) in [4.78, 5) is 24.2. The van der Waals surface area contributed by atoms with Gasteiger partial charge in [-0.2, -0.15) is 0 Å². The smallest absolute Gasteiger partial charge is 0.302 e.